The summed E-state index contributed by atoms with van der Waals surface area (Å²) in [4.78, 5) is 11.9. The molecule has 0 spiro atoms. The predicted octanol–water partition coefficient (Wildman–Crippen LogP) is 9.05. The SMILES string of the molecule is C=C/C=C(\C=C/CC#N)CCC(/C=C/c1ccccc1OCc1ccc(Br)cc1)Cc1ccc(C(=O)OC)cc1. The Labute approximate surface area is 246 Å². The van der Waals surface area contributed by atoms with Crippen LogP contribution in [0.25, 0.3) is 6.08 Å². The zero-order chi connectivity index (χ0) is 28.6. The average Bonchev–Trinajstić information content (AvgIpc) is 2.98. The van der Waals surface area contributed by atoms with Crippen LogP contribution >= 0.6 is 15.9 Å². The number of carbonyl (C=O) groups excluding carboxylic acids is 1. The number of hydrogen-bond acceptors (Lipinski definition) is 4. The number of carbonyl (C=O) groups is 1. The van der Waals surface area contributed by atoms with E-state index < -0.39 is 0 Å². The van der Waals surface area contributed by atoms with Gasteiger partial charge in [0.25, 0.3) is 0 Å². The van der Waals surface area contributed by atoms with Crippen LogP contribution in [0.4, 0.5) is 0 Å². The van der Waals surface area contributed by atoms with Crippen molar-refractivity contribution < 1.29 is 14.3 Å². The number of nitrogens with zero attached hydrogens (tertiary/aromatic N) is 1. The normalized spacial score (nSPS) is 12.3. The smallest absolute Gasteiger partial charge is 0.337 e. The van der Waals surface area contributed by atoms with Crippen LogP contribution in [0.1, 0.15) is 46.3 Å². The third-order valence-electron chi connectivity index (χ3n) is 6.32. The zero-order valence-corrected chi connectivity index (χ0v) is 24.3. The Morgan fingerprint density at radius 2 is 1.77 bits per heavy atom. The summed E-state index contributed by atoms with van der Waals surface area (Å²) in [5, 5.41) is 8.88. The van der Waals surface area contributed by atoms with E-state index in [9.17, 15) is 4.79 Å². The molecule has 0 saturated carbocycles. The van der Waals surface area contributed by atoms with Crippen LogP contribution in [0.5, 0.6) is 5.75 Å². The van der Waals surface area contributed by atoms with Crippen molar-refractivity contribution in [3.63, 3.8) is 0 Å². The molecule has 3 aromatic carbocycles. The summed E-state index contributed by atoms with van der Waals surface area (Å²) in [6.45, 7) is 4.32. The van der Waals surface area contributed by atoms with E-state index in [4.69, 9.17) is 14.7 Å². The number of rotatable bonds is 14. The largest absolute Gasteiger partial charge is 0.488 e. The number of hydrogen-bond donors (Lipinski definition) is 0. The molecular weight excluding hydrogens is 562 g/mol. The number of para-hydroxylation sites is 1. The third kappa shape index (κ3) is 10.2. The summed E-state index contributed by atoms with van der Waals surface area (Å²) in [6.07, 6.45) is 14.9. The monoisotopic (exact) mass is 595 g/mol. The van der Waals surface area contributed by atoms with Crippen molar-refractivity contribution in [2.24, 2.45) is 5.92 Å². The lowest BCUT2D eigenvalue weighted by atomic mass is 9.91. The van der Waals surface area contributed by atoms with Gasteiger partial charge in [0.1, 0.15) is 12.4 Å². The van der Waals surface area contributed by atoms with Gasteiger partial charge in [-0.3, -0.25) is 0 Å². The maximum Gasteiger partial charge on any atom is 0.337 e. The third-order valence-corrected chi connectivity index (χ3v) is 6.85. The van der Waals surface area contributed by atoms with Crippen molar-refractivity contribution in [3.8, 4) is 11.8 Å². The molecule has 0 saturated heterocycles. The quantitative estimate of drug-likeness (QED) is 0.138. The lowest BCUT2D eigenvalue weighted by Gasteiger charge is -2.15. The Kier molecular flexibility index (Phi) is 12.7. The van der Waals surface area contributed by atoms with E-state index in [0.29, 0.717) is 18.6 Å². The zero-order valence-electron chi connectivity index (χ0n) is 22.8. The second-order valence-corrected chi connectivity index (χ2v) is 10.2. The first-order valence-corrected chi connectivity index (χ1v) is 14.0. The molecule has 3 aromatic rings. The summed E-state index contributed by atoms with van der Waals surface area (Å²) in [5.74, 6) is 0.710. The molecule has 5 heteroatoms. The molecule has 1 atom stereocenters. The highest BCUT2D eigenvalue weighted by Gasteiger charge is 2.11. The molecule has 1 unspecified atom stereocenters. The standard InChI is InChI=1S/C35H34BrNO3/c1-3-8-27(9-6-7-24-37)12-13-28(25-29-15-20-32(21-16-29)35(38)39-2)14-19-31-10-4-5-11-34(31)40-26-30-17-22-33(36)23-18-30/h3-6,8-11,14-23,28H,1,7,12-13,25-26H2,2H3/b9-6-,19-14+,27-8+. The minimum Gasteiger partial charge on any atom is -0.488 e. The summed E-state index contributed by atoms with van der Waals surface area (Å²) < 4.78 is 12.1. The maximum atomic E-state index is 11.9. The van der Waals surface area contributed by atoms with Gasteiger partial charge in [-0.1, -0.05) is 101 Å². The summed E-state index contributed by atoms with van der Waals surface area (Å²) in [5.41, 5.74) is 4.91. The number of nitriles is 1. The van der Waals surface area contributed by atoms with Crippen molar-refractivity contribution in [1.29, 1.82) is 5.26 Å². The average molecular weight is 597 g/mol. The van der Waals surface area contributed by atoms with Crippen molar-refractivity contribution >= 4 is 28.0 Å². The van der Waals surface area contributed by atoms with Crippen LogP contribution in [0.15, 0.2) is 120 Å². The van der Waals surface area contributed by atoms with Crippen molar-refractivity contribution in [2.75, 3.05) is 7.11 Å². The molecular formula is C35H34BrNO3. The van der Waals surface area contributed by atoms with Gasteiger partial charge in [-0.15, -0.1) is 0 Å². The molecule has 204 valence electrons. The number of allylic oxidation sites excluding steroid dienone is 6. The summed E-state index contributed by atoms with van der Waals surface area (Å²) in [6, 6.07) is 25.9. The minimum absolute atomic E-state index is 0.223. The molecule has 0 fully saturated rings. The molecule has 0 aliphatic heterocycles. The van der Waals surface area contributed by atoms with E-state index in [1.807, 2.05) is 72.8 Å². The van der Waals surface area contributed by atoms with Gasteiger partial charge in [-0.25, -0.2) is 4.79 Å². The number of ether oxygens (including phenoxy) is 2. The Balaban J connectivity index is 1.79. The van der Waals surface area contributed by atoms with Gasteiger partial charge in [0.15, 0.2) is 0 Å². The summed E-state index contributed by atoms with van der Waals surface area (Å²) >= 11 is 3.47. The van der Waals surface area contributed by atoms with Crippen LogP contribution in [-0.2, 0) is 17.8 Å². The van der Waals surface area contributed by atoms with Crippen LogP contribution < -0.4 is 4.74 Å². The molecule has 3 rings (SSSR count). The number of benzene rings is 3. The highest BCUT2D eigenvalue weighted by atomic mass is 79.9. The molecule has 0 bridgehead atoms. The number of methoxy groups -OCH3 is 1. The van der Waals surface area contributed by atoms with Crippen molar-refractivity contribution in [1.82, 2.24) is 0 Å². The van der Waals surface area contributed by atoms with Gasteiger partial charge in [-0.05, 0) is 72.2 Å². The minimum atomic E-state index is -0.342. The van der Waals surface area contributed by atoms with Gasteiger partial charge in [0.2, 0.25) is 0 Å². The molecule has 0 aliphatic carbocycles. The lowest BCUT2D eigenvalue weighted by Crippen LogP contribution is -2.04. The van der Waals surface area contributed by atoms with Gasteiger partial charge < -0.3 is 9.47 Å². The van der Waals surface area contributed by atoms with Crippen LogP contribution in [0, 0.1) is 17.2 Å². The Morgan fingerprint density at radius 1 is 1.05 bits per heavy atom. The van der Waals surface area contributed by atoms with Crippen LogP contribution in [0.2, 0.25) is 0 Å². The van der Waals surface area contributed by atoms with Gasteiger partial charge in [-0.2, -0.15) is 5.26 Å². The van der Waals surface area contributed by atoms with Gasteiger partial charge in [0.05, 0.1) is 25.2 Å². The fourth-order valence-corrected chi connectivity index (χ4v) is 4.45. The highest BCUT2D eigenvalue weighted by molar-refractivity contribution is 9.10. The maximum absolute atomic E-state index is 11.9. The lowest BCUT2D eigenvalue weighted by molar-refractivity contribution is 0.0600. The van der Waals surface area contributed by atoms with Gasteiger partial charge in [0, 0.05) is 10.0 Å². The first-order valence-electron chi connectivity index (χ1n) is 13.2. The highest BCUT2D eigenvalue weighted by Crippen LogP contribution is 2.25. The molecule has 40 heavy (non-hydrogen) atoms. The second kappa shape index (κ2) is 16.7. The van der Waals surface area contributed by atoms with E-state index in [2.05, 4.69) is 46.8 Å². The van der Waals surface area contributed by atoms with Crippen molar-refractivity contribution in [2.45, 2.75) is 32.3 Å². The van der Waals surface area contributed by atoms with E-state index in [-0.39, 0.29) is 11.9 Å². The molecule has 0 heterocycles. The first-order chi connectivity index (χ1) is 19.5. The van der Waals surface area contributed by atoms with Crippen LogP contribution in [-0.4, -0.2) is 13.1 Å². The van der Waals surface area contributed by atoms with E-state index in [0.717, 1.165) is 51.7 Å². The Morgan fingerprint density at radius 3 is 2.48 bits per heavy atom. The number of halogens is 1. The van der Waals surface area contributed by atoms with E-state index >= 15 is 0 Å². The van der Waals surface area contributed by atoms with Crippen LogP contribution in [0.3, 0.4) is 0 Å². The first kappa shape index (κ1) is 30.4. The number of esters is 1. The van der Waals surface area contributed by atoms with E-state index in [1.54, 1.807) is 18.2 Å². The molecule has 0 radical (unpaired) electrons. The topological polar surface area (TPSA) is 59.3 Å². The molecule has 0 aromatic heterocycles. The molecule has 0 aliphatic rings. The van der Waals surface area contributed by atoms with Crippen molar-refractivity contribution in [3.05, 3.63) is 142 Å². The Hall–Kier alpha value is -4.14. The second-order valence-electron chi connectivity index (χ2n) is 9.25. The summed E-state index contributed by atoms with van der Waals surface area (Å²) in [7, 11) is 1.39. The van der Waals surface area contributed by atoms with E-state index in [1.165, 1.54) is 7.11 Å². The fraction of sp³-hybridized carbons (Fsp3) is 0.200. The van der Waals surface area contributed by atoms with Gasteiger partial charge >= 0.3 is 5.97 Å². The predicted molar refractivity (Wildman–Crippen MR) is 166 cm³/mol. The molecule has 0 N–H and O–H groups in total. The molecule has 0 amide bonds. The fourth-order valence-electron chi connectivity index (χ4n) is 4.18. The Bertz CT molecular complexity index is 1380. The molecule has 4 nitrogen and oxygen atoms in total.